The van der Waals surface area contributed by atoms with Crippen LogP contribution >= 0.6 is 0 Å². The maximum absolute atomic E-state index is 14.2. The fourth-order valence-corrected chi connectivity index (χ4v) is 4.44. The van der Waals surface area contributed by atoms with Crippen LogP contribution in [0.1, 0.15) is 26.1 Å². The molecule has 2 aliphatic rings. The van der Waals surface area contributed by atoms with Gasteiger partial charge in [0.15, 0.2) is 5.82 Å². The molecule has 10 nitrogen and oxygen atoms in total. The first kappa shape index (κ1) is 22.7. The standard InChI is InChI=1S/C22H27F2N7O3/c1-13-11-30(12-14(2)34-13)21-26-20(29-7-9-33-10-8-29)27-22(28-21)31-15-5-4-6-16(32-3)17(15)25-19(31)18(23)24/h4-6,13-14,18H,7-12H2,1-3H3/t13-,14+. The molecule has 0 spiro atoms. The van der Waals surface area contributed by atoms with Crippen molar-refractivity contribution in [2.75, 3.05) is 56.3 Å². The van der Waals surface area contributed by atoms with Crippen molar-refractivity contribution < 1.29 is 23.0 Å². The second kappa shape index (κ2) is 9.26. The van der Waals surface area contributed by atoms with Crippen LogP contribution in [0.15, 0.2) is 18.2 Å². The fourth-order valence-electron chi connectivity index (χ4n) is 4.44. The molecular weight excluding hydrogens is 448 g/mol. The van der Waals surface area contributed by atoms with Crippen molar-refractivity contribution in [3.63, 3.8) is 0 Å². The normalized spacial score (nSPS) is 21.5. The van der Waals surface area contributed by atoms with Crippen LogP contribution < -0.4 is 14.5 Å². The summed E-state index contributed by atoms with van der Waals surface area (Å²) in [5, 5.41) is 0. The zero-order valence-electron chi connectivity index (χ0n) is 19.3. The SMILES string of the molecule is COc1cccc2c1nc(C(F)F)n2-c1nc(N2CCOCC2)nc(N2C[C@@H](C)O[C@@H](C)C2)n1. The van der Waals surface area contributed by atoms with E-state index in [2.05, 4.69) is 15.0 Å². The number of halogens is 2. The number of nitrogens with zero attached hydrogens (tertiary/aromatic N) is 7. The summed E-state index contributed by atoms with van der Waals surface area (Å²) in [5.74, 6) is 0.868. The highest BCUT2D eigenvalue weighted by Gasteiger charge is 2.29. The van der Waals surface area contributed by atoms with Gasteiger partial charge >= 0.3 is 0 Å². The summed E-state index contributed by atoms with van der Waals surface area (Å²) < 4.78 is 46.3. The molecule has 4 heterocycles. The van der Waals surface area contributed by atoms with Gasteiger partial charge in [-0.15, -0.1) is 0 Å². The number of fused-ring (bicyclic) bond motifs is 1. The maximum atomic E-state index is 14.2. The summed E-state index contributed by atoms with van der Waals surface area (Å²) >= 11 is 0. The number of para-hydroxylation sites is 1. The predicted molar refractivity (Wildman–Crippen MR) is 121 cm³/mol. The lowest BCUT2D eigenvalue weighted by molar-refractivity contribution is -0.00573. The van der Waals surface area contributed by atoms with Crippen molar-refractivity contribution >= 4 is 22.9 Å². The minimum Gasteiger partial charge on any atom is -0.494 e. The highest BCUT2D eigenvalue weighted by molar-refractivity contribution is 5.84. The van der Waals surface area contributed by atoms with E-state index in [0.717, 1.165) is 0 Å². The van der Waals surface area contributed by atoms with Crippen LogP contribution in [0, 0.1) is 0 Å². The van der Waals surface area contributed by atoms with E-state index in [0.29, 0.717) is 68.1 Å². The van der Waals surface area contributed by atoms with Crippen molar-refractivity contribution in [1.82, 2.24) is 24.5 Å². The Morgan fingerprint density at radius 2 is 1.59 bits per heavy atom. The average Bonchev–Trinajstić information content (AvgIpc) is 3.24. The lowest BCUT2D eigenvalue weighted by Crippen LogP contribution is -2.46. The van der Waals surface area contributed by atoms with E-state index in [9.17, 15) is 8.78 Å². The number of aromatic nitrogens is 5. The molecule has 0 radical (unpaired) electrons. The summed E-state index contributed by atoms with van der Waals surface area (Å²) in [6, 6.07) is 5.11. The van der Waals surface area contributed by atoms with Gasteiger partial charge in [-0.05, 0) is 26.0 Å². The number of methoxy groups -OCH3 is 1. The van der Waals surface area contributed by atoms with Gasteiger partial charge in [-0.1, -0.05) is 6.07 Å². The molecule has 2 saturated heterocycles. The van der Waals surface area contributed by atoms with Gasteiger partial charge in [0.05, 0.1) is 38.0 Å². The van der Waals surface area contributed by atoms with Gasteiger partial charge in [0.1, 0.15) is 11.3 Å². The molecule has 0 amide bonds. The Bertz CT molecular complexity index is 1160. The Labute approximate surface area is 195 Å². The van der Waals surface area contributed by atoms with Crippen LogP contribution in [0.4, 0.5) is 20.7 Å². The zero-order chi connectivity index (χ0) is 23.8. The van der Waals surface area contributed by atoms with Crippen molar-refractivity contribution in [3.8, 4) is 11.7 Å². The average molecular weight is 476 g/mol. The molecular formula is C22H27F2N7O3. The van der Waals surface area contributed by atoms with Gasteiger partial charge in [-0.3, -0.25) is 4.57 Å². The maximum Gasteiger partial charge on any atom is 0.296 e. The van der Waals surface area contributed by atoms with E-state index < -0.39 is 12.2 Å². The Balaban J connectivity index is 1.69. The van der Waals surface area contributed by atoms with Crippen LogP contribution in [-0.2, 0) is 9.47 Å². The quantitative estimate of drug-likeness (QED) is 0.552. The van der Waals surface area contributed by atoms with Crippen LogP contribution in [-0.4, -0.2) is 83.2 Å². The molecule has 3 aromatic rings. The molecule has 12 heteroatoms. The number of imidazole rings is 1. The van der Waals surface area contributed by atoms with Crippen LogP contribution in [0.2, 0.25) is 0 Å². The molecule has 34 heavy (non-hydrogen) atoms. The number of rotatable bonds is 5. The summed E-state index contributed by atoms with van der Waals surface area (Å²) in [6.45, 7) is 7.40. The van der Waals surface area contributed by atoms with Crippen LogP contribution in [0.5, 0.6) is 5.75 Å². The van der Waals surface area contributed by atoms with Gasteiger partial charge in [-0.25, -0.2) is 13.8 Å². The summed E-state index contributed by atoms with van der Waals surface area (Å²) in [5.41, 5.74) is 0.757. The number of hydrogen-bond donors (Lipinski definition) is 0. The smallest absolute Gasteiger partial charge is 0.296 e. The van der Waals surface area contributed by atoms with Crippen molar-refractivity contribution in [1.29, 1.82) is 0 Å². The molecule has 2 aromatic heterocycles. The number of hydrogen-bond acceptors (Lipinski definition) is 9. The number of benzene rings is 1. The highest BCUT2D eigenvalue weighted by atomic mass is 19.3. The van der Waals surface area contributed by atoms with Crippen molar-refractivity contribution in [2.24, 2.45) is 0 Å². The monoisotopic (exact) mass is 475 g/mol. The zero-order valence-corrected chi connectivity index (χ0v) is 19.3. The molecule has 182 valence electrons. The van der Waals surface area contributed by atoms with Gasteiger partial charge in [0.2, 0.25) is 17.8 Å². The third-order valence-electron chi connectivity index (χ3n) is 5.89. The van der Waals surface area contributed by atoms with Gasteiger partial charge in [0, 0.05) is 26.2 Å². The Kier molecular flexibility index (Phi) is 6.17. The Hall–Kier alpha value is -3.12. The summed E-state index contributed by atoms with van der Waals surface area (Å²) in [6.07, 6.45) is -2.89. The van der Waals surface area contributed by atoms with E-state index in [1.165, 1.54) is 11.7 Å². The van der Waals surface area contributed by atoms with Gasteiger partial charge in [-0.2, -0.15) is 15.0 Å². The van der Waals surface area contributed by atoms with Gasteiger partial charge in [0.25, 0.3) is 6.43 Å². The van der Waals surface area contributed by atoms with Gasteiger partial charge < -0.3 is 24.0 Å². The molecule has 2 atom stereocenters. The largest absolute Gasteiger partial charge is 0.494 e. The molecule has 0 N–H and O–H groups in total. The number of ether oxygens (including phenoxy) is 3. The molecule has 0 bridgehead atoms. The first-order valence-corrected chi connectivity index (χ1v) is 11.3. The number of morpholine rings is 2. The molecule has 0 saturated carbocycles. The molecule has 1 aromatic carbocycles. The third kappa shape index (κ3) is 4.23. The minimum absolute atomic E-state index is 0.0224. The van der Waals surface area contributed by atoms with Crippen LogP contribution in [0.3, 0.4) is 0 Å². The van der Waals surface area contributed by atoms with Crippen LogP contribution in [0.25, 0.3) is 17.0 Å². The summed E-state index contributed by atoms with van der Waals surface area (Å²) in [7, 11) is 1.48. The lowest BCUT2D eigenvalue weighted by Gasteiger charge is -2.36. The molecule has 5 rings (SSSR count). The lowest BCUT2D eigenvalue weighted by atomic mass is 10.2. The second-order valence-electron chi connectivity index (χ2n) is 8.43. The van der Waals surface area contributed by atoms with E-state index in [-0.39, 0.29) is 18.2 Å². The second-order valence-corrected chi connectivity index (χ2v) is 8.43. The predicted octanol–water partition coefficient (Wildman–Crippen LogP) is 2.61. The molecule has 0 aliphatic carbocycles. The van der Waals surface area contributed by atoms with E-state index in [1.54, 1.807) is 18.2 Å². The third-order valence-corrected chi connectivity index (χ3v) is 5.89. The summed E-state index contributed by atoms with van der Waals surface area (Å²) in [4.78, 5) is 22.2. The van der Waals surface area contributed by atoms with E-state index >= 15 is 0 Å². The molecule has 2 fully saturated rings. The minimum atomic E-state index is -2.84. The number of alkyl halides is 2. The molecule has 0 unspecified atom stereocenters. The van der Waals surface area contributed by atoms with E-state index in [1.807, 2.05) is 23.6 Å². The van der Waals surface area contributed by atoms with E-state index in [4.69, 9.17) is 19.2 Å². The topological polar surface area (TPSA) is 90.7 Å². The van der Waals surface area contributed by atoms with Crippen molar-refractivity contribution in [3.05, 3.63) is 24.0 Å². The van der Waals surface area contributed by atoms with Crippen molar-refractivity contribution in [2.45, 2.75) is 32.5 Å². The number of anilines is 2. The Morgan fingerprint density at radius 3 is 2.24 bits per heavy atom. The molecule has 2 aliphatic heterocycles. The fraction of sp³-hybridized carbons (Fsp3) is 0.545. The highest BCUT2D eigenvalue weighted by Crippen LogP contribution is 2.32. The first-order chi connectivity index (χ1) is 16.4. The first-order valence-electron chi connectivity index (χ1n) is 11.3. The Morgan fingerprint density at radius 1 is 0.941 bits per heavy atom.